The number of carbonyl (C=O) groups excluding carboxylic acids is 2. The van der Waals surface area contributed by atoms with E-state index in [9.17, 15) is 14.4 Å². The molecule has 0 aliphatic carbocycles. The maximum Gasteiger partial charge on any atom is 0.350 e. The number of ether oxygens (including phenoxy) is 1. The van der Waals surface area contributed by atoms with Crippen LogP contribution in [0.5, 0.6) is 5.75 Å². The molecular formula is C24H23N5O4. The highest BCUT2D eigenvalue weighted by molar-refractivity contribution is 5.99. The molecule has 3 heterocycles. The summed E-state index contributed by atoms with van der Waals surface area (Å²) in [5, 5.41) is 11.0. The van der Waals surface area contributed by atoms with Crippen LogP contribution in [0.3, 0.4) is 0 Å². The fourth-order valence-corrected chi connectivity index (χ4v) is 4.33. The molecule has 1 aliphatic rings. The van der Waals surface area contributed by atoms with Gasteiger partial charge in [-0.1, -0.05) is 18.2 Å². The third-order valence-electron chi connectivity index (χ3n) is 5.96. The quantitative estimate of drug-likeness (QED) is 0.472. The molecule has 4 aromatic rings. The Morgan fingerprint density at radius 2 is 2.00 bits per heavy atom. The molecule has 2 aromatic carbocycles. The number of rotatable bonds is 6. The van der Waals surface area contributed by atoms with Crippen molar-refractivity contribution < 1.29 is 14.3 Å². The van der Waals surface area contributed by atoms with Crippen LogP contribution in [0.2, 0.25) is 0 Å². The summed E-state index contributed by atoms with van der Waals surface area (Å²) in [6.45, 7) is 2.38. The molecule has 0 saturated heterocycles. The van der Waals surface area contributed by atoms with E-state index in [1.165, 1.54) is 4.68 Å². The summed E-state index contributed by atoms with van der Waals surface area (Å²) >= 11 is 0. The number of hydrogen-bond donors (Lipinski definition) is 2. The van der Waals surface area contributed by atoms with Gasteiger partial charge in [0.25, 0.3) is 5.91 Å². The van der Waals surface area contributed by atoms with Crippen LogP contribution in [-0.4, -0.2) is 39.7 Å². The predicted molar refractivity (Wildman–Crippen MR) is 123 cm³/mol. The highest BCUT2D eigenvalue weighted by Crippen LogP contribution is 2.27. The van der Waals surface area contributed by atoms with Gasteiger partial charge in [0.05, 0.1) is 31.6 Å². The van der Waals surface area contributed by atoms with Crippen LogP contribution in [0.1, 0.15) is 33.9 Å². The van der Waals surface area contributed by atoms with Crippen LogP contribution >= 0.6 is 0 Å². The summed E-state index contributed by atoms with van der Waals surface area (Å²) in [7, 11) is 1.58. The van der Waals surface area contributed by atoms with Crippen LogP contribution < -0.4 is 21.1 Å². The van der Waals surface area contributed by atoms with Crippen molar-refractivity contribution in [1.82, 2.24) is 24.8 Å². The Bertz CT molecular complexity index is 1470. The largest absolute Gasteiger partial charge is 0.497 e. The van der Waals surface area contributed by atoms with E-state index < -0.39 is 0 Å². The number of hydrogen-bond acceptors (Lipinski definition) is 5. The number of methoxy groups -OCH3 is 1. The normalized spacial score (nSPS) is 15.0. The van der Waals surface area contributed by atoms with Gasteiger partial charge in [0, 0.05) is 18.2 Å². The number of fused-ring (bicyclic) bond motifs is 4. The first kappa shape index (κ1) is 20.7. The van der Waals surface area contributed by atoms with E-state index in [0.717, 1.165) is 16.5 Å². The first-order valence-electron chi connectivity index (χ1n) is 10.7. The zero-order valence-electron chi connectivity index (χ0n) is 18.3. The topological polar surface area (TPSA) is 107 Å². The Morgan fingerprint density at radius 1 is 1.18 bits per heavy atom. The van der Waals surface area contributed by atoms with Gasteiger partial charge in [-0.25, -0.2) is 13.9 Å². The van der Waals surface area contributed by atoms with Crippen molar-refractivity contribution in [3.05, 3.63) is 75.7 Å². The Morgan fingerprint density at radius 3 is 2.82 bits per heavy atom. The molecule has 0 spiro atoms. The van der Waals surface area contributed by atoms with E-state index in [1.54, 1.807) is 23.6 Å². The second-order valence-corrected chi connectivity index (χ2v) is 8.08. The molecule has 0 saturated carbocycles. The average molecular weight is 445 g/mol. The van der Waals surface area contributed by atoms with Crippen molar-refractivity contribution in [2.45, 2.75) is 25.9 Å². The minimum absolute atomic E-state index is 0.131. The Labute approximate surface area is 189 Å². The minimum Gasteiger partial charge on any atom is -0.497 e. The van der Waals surface area contributed by atoms with Crippen molar-refractivity contribution >= 4 is 28.4 Å². The summed E-state index contributed by atoms with van der Waals surface area (Å²) in [5.74, 6) is 0.277. The lowest BCUT2D eigenvalue weighted by Crippen LogP contribution is -2.33. The third-order valence-corrected chi connectivity index (χ3v) is 5.96. The third kappa shape index (κ3) is 3.61. The minimum atomic E-state index is -0.351. The van der Waals surface area contributed by atoms with Crippen LogP contribution in [0.25, 0.3) is 16.6 Å². The number of pyridine rings is 1. The molecule has 0 fully saturated rings. The summed E-state index contributed by atoms with van der Waals surface area (Å²) in [5.41, 5.74) is 3.31. The van der Waals surface area contributed by atoms with Gasteiger partial charge in [-0.3, -0.25) is 9.59 Å². The number of nitrogens with one attached hydrogen (secondary N) is 2. The molecule has 33 heavy (non-hydrogen) atoms. The van der Waals surface area contributed by atoms with Gasteiger partial charge in [0.2, 0.25) is 5.91 Å². The zero-order valence-corrected chi connectivity index (χ0v) is 18.3. The average Bonchev–Trinajstić information content (AvgIpc) is 3.31. The first-order valence-corrected chi connectivity index (χ1v) is 10.7. The number of nitrogens with zero attached hydrogens (tertiary/aromatic N) is 3. The summed E-state index contributed by atoms with van der Waals surface area (Å²) in [6.07, 6.45) is 0.131. The number of aryl methyl sites for hydroxylation is 1. The Hall–Kier alpha value is -4.14. The van der Waals surface area contributed by atoms with Crippen LogP contribution in [0.15, 0.2) is 53.3 Å². The molecule has 2 N–H and O–H groups in total. The van der Waals surface area contributed by atoms with Gasteiger partial charge in [-0.2, -0.15) is 0 Å². The molecule has 9 heteroatoms. The van der Waals surface area contributed by atoms with Crippen molar-refractivity contribution in [3.8, 4) is 5.75 Å². The Kier molecular flexibility index (Phi) is 5.08. The highest BCUT2D eigenvalue weighted by Gasteiger charge is 2.29. The number of aromatic nitrogens is 3. The van der Waals surface area contributed by atoms with Gasteiger partial charge < -0.3 is 15.4 Å². The molecule has 0 radical (unpaired) electrons. The number of carbonyl (C=O) groups is 2. The summed E-state index contributed by atoms with van der Waals surface area (Å²) in [4.78, 5) is 37.6. The number of amides is 2. The monoisotopic (exact) mass is 445 g/mol. The lowest BCUT2D eigenvalue weighted by Gasteiger charge is -2.11. The summed E-state index contributed by atoms with van der Waals surface area (Å²) < 4.78 is 8.23. The lowest BCUT2D eigenvalue weighted by atomic mass is 10.0. The van der Waals surface area contributed by atoms with E-state index in [2.05, 4.69) is 15.7 Å². The van der Waals surface area contributed by atoms with Gasteiger partial charge in [0.1, 0.15) is 5.75 Å². The molecule has 2 aromatic heterocycles. The molecular weight excluding hydrogens is 422 g/mol. The van der Waals surface area contributed by atoms with E-state index in [0.29, 0.717) is 22.5 Å². The van der Waals surface area contributed by atoms with Gasteiger partial charge in [0.15, 0.2) is 5.65 Å². The van der Waals surface area contributed by atoms with E-state index in [4.69, 9.17) is 4.74 Å². The predicted octanol–water partition coefficient (Wildman–Crippen LogP) is 1.96. The van der Waals surface area contributed by atoms with Crippen molar-refractivity contribution in [3.63, 3.8) is 0 Å². The highest BCUT2D eigenvalue weighted by atomic mass is 16.5. The lowest BCUT2D eigenvalue weighted by molar-refractivity contribution is -0.121. The molecule has 1 atom stereocenters. The van der Waals surface area contributed by atoms with Crippen LogP contribution in [0.4, 0.5) is 0 Å². The standard InChI is InChI=1S/C24H23N5O4/c1-14-11-15-7-8-16(33-2)12-20(15)29-22(14)27-28(24(29)32)10-9-25-21(30)13-19-17-5-3-4-6-18(17)23(31)26-19/h3-8,11-12,19H,9-10,13H2,1-2H3,(H,25,30)(H,26,31). The van der Waals surface area contributed by atoms with E-state index >= 15 is 0 Å². The molecule has 9 nitrogen and oxygen atoms in total. The van der Waals surface area contributed by atoms with Crippen molar-refractivity contribution in [2.75, 3.05) is 13.7 Å². The van der Waals surface area contributed by atoms with Gasteiger partial charge >= 0.3 is 5.69 Å². The molecule has 5 rings (SSSR count). The van der Waals surface area contributed by atoms with Crippen LogP contribution in [0, 0.1) is 6.92 Å². The van der Waals surface area contributed by atoms with Crippen molar-refractivity contribution in [1.29, 1.82) is 0 Å². The van der Waals surface area contributed by atoms with Crippen LogP contribution in [-0.2, 0) is 11.3 Å². The molecule has 1 aliphatic heterocycles. The molecule has 2 amide bonds. The van der Waals surface area contributed by atoms with Crippen molar-refractivity contribution in [2.24, 2.45) is 0 Å². The first-order chi connectivity index (χ1) is 16.0. The maximum absolute atomic E-state index is 13.1. The molecule has 0 bridgehead atoms. The number of benzene rings is 2. The second kappa shape index (κ2) is 8.09. The van der Waals surface area contributed by atoms with E-state index in [-0.39, 0.29) is 43.1 Å². The Balaban J connectivity index is 1.31. The smallest absolute Gasteiger partial charge is 0.350 e. The molecule has 1 unspecified atom stereocenters. The maximum atomic E-state index is 13.1. The fourth-order valence-electron chi connectivity index (χ4n) is 4.33. The second-order valence-electron chi connectivity index (χ2n) is 8.08. The molecule has 168 valence electrons. The zero-order chi connectivity index (χ0) is 23.1. The summed E-state index contributed by atoms with van der Waals surface area (Å²) in [6, 6.07) is 14.4. The van der Waals surface area contributed by atoms with Gasteiger partial charge in [-0.15, -0.1) is 5.10 Å². The van der Waals surface area contributed by atoms with E-state index in [1.807, 2.05) is 43.3 Å². The fraction of sp³-hybridized carbons (Fsp3) is 0.250. The SMILES string of the molecule is COc1ccc2cc(C)c3nn(CCNC(=O)CC4NC(=O)c5ccccc54)c(=O)n3c2c1. The van der Waals surface area contributed by atoms with Gasteiger partial charge in [-0.05, 0) is 47.7 Å².